The molecule has 352 valence electrons. The van der Waals surface area contributed by atoms with E-state index in [-0.39, 0.29) is 93.3 Å². The molecular formula is C50H60F4N6O5Si. The number of carbonyl (C=O) groups excluding carboxylic acids is 2. The molecule has 2 bridgehead atoms. The molecule has 4 saturated heterocycles. The van der Waals surface area contributed by atoms with E-state index in [9.17, 15) is 18.4 Å². The van der Waals surface area contributed by atoms with Crippen LogP contribution >= 0.6 is 0 Å². The van der Waals surface area contributed by atoms with E-state index < -0.39 is 49.0 Å². The van der Waals surface area contributed by atoms with E-state index in [2.05, 4.69) is 58.0 Å². The second-order valence-corrected chi connectivity index (χ2v) is 26.1. The van der Waals surface area contributed by atoms with Gasteiger partial charge in [-0.05, 0) is 99.6 Å². The number of benzene rings is 2. The number of pyridine rings is 1. The Morgan fingerprint density at radius 3 is 2.29 bits per heavy atom. The Bertz CT molecular complexity index is 2660. The van der Waals surface area contributed by atoms with Crippen molar-refractivity contribution in [3.63, 3.8) is 0 Å². The number of esters is 1. The molecule has 4 fully saturated rings. The quantitative estimate of drug-likeness (QED) is 0.0529. The van der Waals surface area contributed by atoms with Gasteiger partial charge in [0.1, 0.15) is 48.9 Å². The van der Waals surface area contributed by atoms with Crippen LogP contribution in [0.3, 0.4) is 0 Å². The van der Waals surface area contributed by atoms with Crippen LogP contribution in [0.15, 0.2) is 42.1 Å². The Hall–Kier alpha value is -5.27. The smallest absolute Gasteiger partial charge is 0.410 e. The number of anilines is 1. The van der Waals surface area contributed by atoms with Crippen molar-refractivity contribution >= 4 is 47.6 Å². The van der Waals surface area contributed by atoms with Crippen LogP contribution in [0.1, 0.15) is 107 Å². The van der Waals surface area contributed by atoms with Crippen LogP contribution < -0.4 is 14.4 Å². The second kappa shape index (κ2) is 17.7. The number of hydrogen-bond acceptors (Lipinski definition) is 10. The van der Waals surface area contributed by atoms with Gasteiger partial charge in [-0.15, -0.1) is 5.54 Å². The molecule has 0 N–H and O–H groups in total. The first-order valence-corrected chi connectivity index (χ1v) is 25.4. The molecule has 66 heavy (non-hydrogen) atoms. The molecule has 6 heterocycles. The lowest BCUT2D eigenvalue weighted by molar-refractivity contribution is -0.131. The number of fused-ring (bicyclic) bond motifs is 5. The lowest BCUT2D eigenvalue weighted by Crippen LogP contribution is -2.57. The topological polar surface area (TPSA) is 110 Å². The average molecular weight is 929 g/mol. The fourth-order valence-corrected chi connectivity index (χ4v) is 16.6. The highest BCUT2D eigenvalue weighted by Gasteiger charge is 2.49. The second-order valence-electron chi connectivity index (χ2n) is 20.5. The van der Waals surface area contributed by atoms with Gasteiger partial charge in [-0.1, -0.05) is 53.5 Å². The van der Waals surface area contributed by atoms with Gasteiger partial charge in [0.05, 0.1) is 28.6 Å². The monoisotopic (exact) mass is 928 g/mol. The van der Waals surface area contributed by atoms with Crippen molar-refractivity contribution in [2.75, 3.05) is 37.7 Å². The number of nitrogens with zero attached hydrogens (tertiary/aromatic N) is 6. The molecule has 3 unspecified atom stereocenters. The summed E-state index contributed by atoms with van der Waals surface area (Å²) in [6.07, 6.45) is 2.43. The van der Waals surface area contributed by atoms with Gasteiger partial charge in [0.25, 0.3) is 6.08 Å². The van der Waals surface area contributed by atoms with Crippen LogP contribution in [0.25, 0.3) is 32.9 Å². The number of piperazine rings is 1. The molecule has 0 saturated carbocycles. The molecule has 4 aliphatic heterocycles. The van der Waals surface area contributed by atoms with Gasteiger partial charge >= 0.3 is 18.1 Å². The van der Waals surface area contributed by atoms with Crippen molar-refractivity contribution < 1.29 is 41.4 Å². The van der Waals surface area contributed by atoms with Crippen molar-refractivity contribution in [1.29, 1.82) is 0 Å². The normalized spacial score (nSPS) is 21.0. The summed E-state index contributed by atoms with van der Waals surface area (Å²) in [5.41, 5.74) is 2.98. The van der Waals surface area contributed by atoms with Gasteiger partial charge in [-0.25, -0.2) is 13.6 Å². The molecule has 3 atom stereocenters. The third-order valence-electron chi connectivity index (χ3n) is 14.3. The maximum atomic E-state index is 17.9. The molecule has 1 amide bonds. The van der Waals surface area contributed by atoms with Crippen molar-refractivity contribution in [2.45, 2.75) is 141 Å². The molecule has 2 aromatic carbocycles. The van der Waals surface area contributed by atoms with E-state index in [0.717, 1.165) is 19.3 Å². The highest BCUT2D eigenvalue weighted by molar-refractivity contribution is 6.90. The van der Waals surface area contributed by atoms with Gasteiger partial charge in [0, 0.05) is 49.3 Å². The van der Waals surface area contributed by atoms with Crippen LogP contribution in [-0.2, 0) is 9.53 Å². The molecule has 4 aliphatic rings. The van der Waals surface area contributed by atoms with E-state index >= 15 is 8.78 Å². The first-order valence-electron chi connectivity index (χ1n) is 23.1. The predicted molar refractivity (Wildman–Crippen MR) is 249 cm³/mol. The van der Waals surface area contributed by atoms with E-state index in [1.165, 1.54) is 25.3 Å². The molecule has 0 radical (unpaired) electrons. The Balaban J connectivity index is 1.30. The lowest BCUT2D eigenvalue weighted by Gasteiger charge is -2.42. The highest BCUT2D eigenvalue weighted by atomic mass is 28.3. The maximum absolute atomic E-state index is 17.9. The lowest BCUT2D eigenvalue weighted by atomic mass is 9.94. The third kappa shape index (κ3) is 8.61. The Morgan fingerprint density at radius 2 is 1.67 bits per heavy atom. The van der Waals surface area contributed by atoms with Gasteiger partial charge < -0.3 is 19.1 Å². The summed E-state index contributed by atoms with van der Waals surface area (Å²) < 4.78 is 79.9. The Morgan fingerprint density at radius 1 is 0.985 bits per heavy atom. The molecule has 4 aromatic rings. The minimum absolute atomic E-state index is 0.00370. The van der Waals surface area contributed by atoms with Gasteiger partial charge in [0.15, 0.2) is 5.82 Å². The molecule has 0 aliphatic carbocycles. The molecule has 11 nitrogen and oxygen atoms in total. The molecule has 16 heteroatoms. The number of hydrogen-bond donors (Lipinski definition) is 0. The minimum Gasteiger partial charge on any atom is -0.461 e. The van der Waals surface area contributed by atoms with Crippen LogP contribution in [-0.4, -0.2) is 101 Å². The largest absolute Gasteiger partial charge is 0.461 e. The van der Waals surface area contributed by atoms with Gasteiger partial charge in [-0.3, -0.25) is 19.6 Å². The van der Waals surface area contributed by atoms with E-state index in [4.69, 9.17) is 24.2 Å². The molecular weight excluding hydrogens is 869 g/mol. The van der Waals surface area contributed by atoms with E-state index in [1.807, 2.05) is 30.6 Å². The average Bonchev–Trinajstić information content (AvgIpc) is 3.88. The maximum Gasteiger partial charge on any atom is 0.410 e. The van der Waals surface area contributed by atoms with Crippen LogP contribution in [0, 0.1) is 23.1 Å². The van der Waals surface area contributed by atoms with Crippen LogP contribution in [0.4, 0.5) is 28.2 Å². The van der Waals surface area contributed by atoms with Crippen molar-refractivity contribution in [3.05, 3.63) is 59.3 Å². The third-order valence-corrected chi connectivity index (χ3v) is 20.5. The first-order chi connectivity index (χ1) is 31.1. The summed E-state index contributed by atoms with van der Waals surface area (Å²) in [6.45, 7) is 21.2. The first kappa shape index (κ1) is 47.2. The van der Waals surface area contributed by atoms with E-state index in [0.29, 0.717) is 42.6 Å². The number of aromatic nitrogens is 3. The fraction of sp³-hybridized carbons (Fsp3) is 0.540. The molecule has 2 aromatic heterocycles. The Labute approximate surface area is 385 Å². The summed E-state index contributed by atoms with van der Waals surface area (Å²) >= 11 is 0. The fourth-order valence-electron chi connectivity index (χ4n) is 11.4. The Kier molecular flexibility index (Phi) is 12.7. The SMILES string of the molecule is CC(=O)Oc1cc(-c2ncc3c(N4CC5CCC(C4)N5C(=O)OC(C)(C)C)nc(OCC45CCCN4CC(=C(F)F)C5)nc3c2F)c2c(C#C[Si](C(C)C)(C(C)C)C(C)C)c(F)ccc2c1. The summed E-state index contributed by atoms with van der Waals surface area (Å²) in [6, 6.07) is 5.35. The van der Waals surface area contributed by atoms with Gasteiger partial charge in [-0.2, -0.15) is 18.7 Å². The van der Waals surface area contributed by atoms with Crippen molar-refractivity contribution in [3.8, 4) is 34.5 Å². The van der Waals surface area contributed by atoms with Gasteiger partial charge in [0.2, 0.25) is 0 Å². The zero-order valence-electron chi connectivity index (χ0n) is 39.6. The van der Waals surface area contributed by atoms with Crippen molar-refractivity contribution in [1.82, 2.24) is 24.8 Å². The summed E-state index contributed by atoms with van der Waals surface area (Å²) in [7, 11) is -2.38. The predicted octanol–water partition coefficient (Wildman–Crippen LogP) is 11.0. The number of ether oxygens (including phenoxy) is 3. The number of carbonyl (C=O) groups is 2. The molecule has 8 rings (SSSR count). The standard InChI is InChI=1S/C50H60F4N6O5Si/c1-28(2)66(29(3)4,30(5)6)19-16-37-40(51)15-12-32-20-36(64-31(7)61)21-38(41(32)37)43-42(52)44-39(23-55-43)46(58-25-34-13-14-35(26-58)60(34)48(62)65-49(8,9)10)57-47(56-44)63-27-50-17-11-18-59(50)24-33(22-50)45(53)54/h12,15,20-21,23,28-30,34-35H,11,13-14,17-18,22,24-27H2,1-10H3. The van der Waals surface area contributed by atoms with Crippen molar-refractivity contribution in [2.24, 2.45) is 0 Å². The minimum atomic E-state index is -2.38. The summed E-state index contributed by atoms with van der Waals surface area (Å²) in [5.74, 6) is 1.67. The van der Waals surface area contributed by atoms with Crippen LogP contribution in [0.5, 0.6) is 11.8 Å². The molecule has 0 spiro atoms. The number of rotatable bonds is 9. The number of amides is 1. The zero-order valence-corrected chi connectivity index (χ0v) is 40.6. The highest BCUT2D eigenvalue weighted by Crippen LogP contribution is 2.45. The van der Waals surface area contributed by atoms with E-state index in [1.54, 1.807) is 17.0 Å². The summed E-state index contributed by atoms with van der Waals surface area (Å²) in [5, 5.41) is 1.03. The van der Waals surface area contributed by atoms with Crippen LogP contribution in [0.2, 0.25) is 16.6 Å². The number of halogens is 4. The summed E-state index contributed by atoms with van der Waals surface area (Å²) in [4.78, 5) is 45.8. The zero-order chi connectivity index (χ0) is 47.6.